The van der Waals surface area contributed by atoms with Crippen molar-refractivity contribution in [2.45, 2.75) is 25.7 Å². The first-order chi connectivity index (χ1) is 13.1. The Morgan fingerprint density at radius 2 is 2.07 bits per heavy atom. The molecule has 0 fully saturated rings. The molecule has 0 saturated carbocycles. The van der Waals surface area contributed by atoms with Crippen LogP contribution in [0, 0.1) is 5.92 Å². The molecule has 5 heteroatoms. The second-order valence-corrected chi connectivity index (χ2v) is 7.54. The monoisotopic (exact) mass is 382 g/mol. The lowest BCUT2D eigenvalue weighted by molar-refractivity contribution is -0.125. The van der Waals surface area contributed by atoms with E-state index in [0.29, 0.717) is 6.54 Å². The van der Waals surface area contributed by atoms with E-state index in [9.17, 15) is 4.79 Å². The SMILES string of the molecule is COc1ccc2[nH]c3c(c2c1)CC(C(=O)NCCc1ccc(Cl)cc1)CC3. The van der Waals surface area contributed by atoms with Crippen LogP contribution in [0.15, 0.2) is 42.5 Å². The molecule has 27 heavy (non-hydrogen) atoms. The van der Waals surface area contributed by atoms with Crippen molar-refractivity contribution >= 4 is 28.4 Å². The van der Waals surface area contributed by atoms with Gasteiger partial charge in [0.05, 0.1) is 7.11 Å². The maximum atomic E-state index is 12.7. The molecule has 1 aliphatic carbocycles. The zero-order chi connectivity index (χ0) is 18.8. The Morgan fingerprint density at radius 1 is 1.26 bits per heavy atom. The molecule has 0 spiro atoms. The molecule has 3 aromatic rings. The van der Waals surface area contributed by atoms with Gasteiger partial charge in [0.25, 0.3) is 0 Å². The number of ether oxygens (including phenoxy) is 1. The largest absolute Gasteiger partial charge is 0.497 e. The van der Waals surface area contributed by atoms with Gasteiger partial charge in [0.2, 0.25) is 5.91 Å². The minimum Gasteiger partial charge on any atom is -0.497 e. The fourth-order valence-corrected chi connectivity index (χ4v) is 4.00. The zero-order valence-corrected chi connectivity index (χ0v) is 16.1. The zero-order valence-electron chi connectivity index (χ0n) is 15.3. The predicted octanol–water partition coefficient (Wildman–Crippen LogP) is 4.29. The highest BCUT2D eigenvalue weighted by Crippen LogP contribution is 2.33. The number of H-pyrrole nitrogens is 1. The molecule has 4 rings (SSSR count). The van der Waals surface area contributed by atoms with Gasteiger partial charge in [-0.1, -0.05) is 23.7 Å². The predicted molar refractivity (Wildman–Crippen MR) is 109 cm³/mol. The summed E-state index contributed by atoms with van der Waals surface area (Å²) in [5.74, 6) is 1.01. The summed E-state index contributed by atoms with van der Waals surface area (Å²) in [6.07, 6.45) is 3.37. The molecule has 2 aromatic carbocycles. The molecule has 1 heterocycles. The molecule has 1 unspecified atom stereocenters. The molecule has 0 radical (unpaired) electrons. The Balaban J connectivity index is 1.41. The molecule has 1 aliphatic rings. The standard InChI is InChI=1S/C22H23ClN2O2/c1-27-17-7-9-21-19(13-17)18-12-15(4-8-20(18)25-21)22(26)24-11-10-14-2-5-16(23)6-3-14/h2-3,5-7,9,13,15,25H,4,8,10-12H2,1H3,(H,24,26). The first kappa shape index (κ1) is 17.9. The highest BCUT2D eigenvalue weighted by molar-refractivity contribution is 6.30. The summed E-state index contributed by atoms with van der Waals surface area (Å²) < 4.78 is 5.36. The van der Waals surface area contributed by atoms with E-state index in [4.69, 9.17) is 16.3 Å². The lowest BCUT2D eigenvalue weighted by atomic mass is 9.85. The van der Waals surface area contributed by atoms with E-state index >= 15 is 0 Å². The third kappa shape index (κ3) is 3.81. The number of benzene rings is 2. The third-order valence-corrected chi connectivity index (χ3v) is 5.64. The van der Waals surface area contributed by atoms with Crippen LogP contribution in [0.5, 0.6) is 5.75 Å². The Labute approximate surface area is 163 Å². The van der Waals surface area contributed by atoms with Gasteiger partial charge < -0.3 is 15.0 Å². The third-order valence-electron chi connectivity index (χ3n) is 5.39. The van der Waals surface area contributed by atoms with Gasteiger partial charge in [0.1, 0.15) is 5.75 Å². The first-order valence-corrected chi connectivity index (χ1v) is 9.71. The Hall–Kier alpha value is -2.46. The minimum atomic E-state index is 0.0212. The van der Waals surface area contributed by atoms with Crippen LogP contribution in [0.1, 0.15) is 23.2 Å². The van der Waals surface area contributed by atoms with Crippen LogP contribution in [0.25, 0.3) is 10.9 Å². The second-order valence-electron chi connectivity index (χ2n) is 7.10. The number of carbonyl (C=O) groups is 1. The molecular formula is C22H23ClN2O2. The average molecular weight is 383 g/mol. The van der Waals surface area contributed by atoms with E-state index in [2.05, 4.69) is 16.4 Å². The van der Waals surface area contributed by atoms with Crippen LogP contribution in [0.2, 0.25) is 5.02 Å². The first-order valence-electron chi connectivity index (χ1n) is 9.33. The van der Waals surface area contributed by atoms with Gasteiger partial charge in [-0.25, -0.2) is 0 Å². The van der Waals surface area contributed by atoms with Gasteiger partial charge in [-0.15, -0.1) is 0 Å². The number of aryl methyl sites for hydroxylation is 1. The summed E-state index contributed by atoms with van der Waals surface area (Å²) in [6.45, 7) is 0.644. The lowest BCUT2D eigenvalue weighted by Crippen LogP contribution is -2.35. The number of amides is 1. The normalized spacial score (nSPS) is 16.1. The molecule has 0 bridgehead atoms. The topological polar surface area (TPSA) is 54.1 Å². The van der Waals surface area contributed by atoms with Gasteiger partial charge >= 0.3 is 0 Å². The highest BCUT2D eigenvalue weighted by atomic mass is 35.5. The molecule has 1 amide bonds. The van der Waals surface area contributed by atoms with Crippen molar-refractivity contribution in [3.05, 3.63) is 64.3 Å². The van der Waals surface area contributed by atoms with Crippen LogP contribution in [0.3, 0.4) is 0 Å². The lowest BCUT2D eigenvalue weighted by Gasteiger charge is -2.22. The van der Waals surface area contributed by atoms with Crippen molar-refractivity contribution in [3.63, 3.8) is 0 Å². The molecule has 4 nitrogen and oxygen atoms in total. The van der Waals surface area contributed by atoms with Gasteiger partial charge in [0, 0.05) is 34.1 Å². The average Bonchev–Trinajstić information content (AvgIpc) is 3.06. The smallest absolute Gasteiger partial charge is 0.223 e. The maximum Gasteiger partial charge on any atom is 0.223 e. The molecule has 0 aliphatic heterocycles. The van der Waals surface area contributed by atoms with Gasteiger partial charge in [-0.2, -0.15) is 0 Å². The number of rotatable bonds is 5. The van der Waals surface area contributed by atoms with Crippen molar-refractivity contribution in [1.29, 1.82) is 0 Å². The molecule has 1 aromatic heterocycles. The van der Waals surface area contributed by atoms with Crippen LogP contribution in [0.4, 0.5) is 0 Å². The number of carbonyl (C=O) groups excluding carboxylic acids is 1. The Kier molecular flexibility index (Phi) is 5.08. The van der Waals surface area contributed by atoms with Crippen molar-refractivity contribution in [2.75, 3.05) is 13.7 Å². The summed E-state index contributed by atoms with van der Waals surface area (Å²) in [7, 11) is 1.68. The number of hydrogen-bond acceptors (Lipinski definition) is 2. The van der Waals surface area contributed by atoms with E-state index in [-0.39, 0.29) is 11.8 Å². The number of aromatic amines is 1. The van der Waals surface area contributed by atoms with E-state index in [0.717, 1.165) is 42.0 Å². The summed E-state index contributed by atoms with van der Waals surface area (Å²) in [5.41, 5.74) is 4.80. The van der Waals surface area contributed by atoms with E-state index in [1.807, 2.05) is 36.4 Å². The highest BCUT2D eigenvalue weighted by Gasteiger charge is 2.27. The fraction of sp³-hybridized carbons (Fsp3) is 0.318. The van der Waals surface area contributed by atoms with Crippen LogP contribution in [-0.4, -0.2) is 24.5 Å². The Morgan fingerprint density at radius 3 is 2.85 bits per heavy atom. The van der Waals surface area contributed by atoms with Crippen LogP contribution in [-0.2, 0) is 24.1 Å². The van der Waals surface area contributed by atoms with Crippen molar-refractivity contribution in [3.8, 4) is 5.75 Å². The van der Waals surface area contributed by atoms with Crippen molar-refractivity contribution in [1.82, 2.24) is 10.3 Å². The van der Waals surface area contributed by atoms with Crippen LogP contribution < -0.4 is 10.1 Å². The summed E-state index contributed by atoms with van der Waals surface area (Å²) in [5, 5.41) is 5.00. The molecule has 2 N–H and O–H groups in total. The Bertz CT molecular complexity index is 962. The quantitative estimate of drug-likeness (QED) is 0.691. The molecule has 1 atom stereocenters. The molecular weight excluding hydrogens is 360 g/mol. The van der Waals surface area contributed by atoms with Gasteiger partial charge in [0.15, 0.2) is 0 Å². The number of hydrogen-bond donors (Lipinski definition) is 2. The number of nitrogens with one attached hydrogen (secondary N) is 2. The second kappa shape index (κ2) is 7.65. The van der Waals surface area contributed by atoms with E-state index in [1.54, 1.807) is 7.11 Å². The molecule has 0 saturated heterocycles. The summed E-state index contributed by atoms with van der Waals surface area (Å²) in [6, 6.07) is 13.8. The van der Waals surface area contributed by atoms with E-state index in [1.165, 1.54) is 22.2 Å². The maximum absolute atomic E-state index is 12.7. The number of halogens is 1. The van der Waals surface area contributed by atoms with Gasteiger partial charge in [-0.3, -0.25) is 4.79 Å². The number of aromatic nitrogens is 1. The van der Waals surface area contributed by atoms with Gasteiger partial charge in [-0.05, 0) is 67.1 Å². The summed E-state index contributed by atoms with van der Waals surface area (Å²) in [4.78, 5) is 16.2. The number of methoxy groups -OCH3 is 1. The van der Waals surface area contributed by atoms with E-state index < -0.39 is 0 Å². The van der Waals surface area contributed by atoms with Crippen molar-refractivity contribution in [2.24, 2.45) is 5.92 Å². The van der Waals surface area contributed by atoms with Crippen LogP contribution >= 0.6 is 11.6 Å². The summed E-state index contributed by atoms with van der Waals surface area (Å²) >= 11 is 5.91. The molecule has 140 valence electrons. The number of fused-ring (bicyclic) bond motifs is 3. The van der Waals surface area contributed by atoms with Crippen molar-refractivity contribution < 1.29 is 9.53 Å². The fourth-order valence-electron chi connectivity index (χ4n) is 3.87. The minimum absolute atomic E-state index is 0.0212.